The van der Waals surface area contributed by atoms with Crippen LogP contribution in [-0.4, -0.2) is 19.3 Å². The number of hydrogen-bond acceptors (Lipinski definition) is 6. The van der Waals surface area contributed by atoms with E-state index in [1.165, 1.54) is 23.5 Å². The second-order valence-corrected chi connectivity index (χ2v) is 8.84. The van der Waals surface area contributed by atoms with E-state index in [-0.39, 0.29) is 4.90 Å². The molecular weight excluding hydrogens is 410 g/mol. The summed E-state index contributed by atoms with van der Waals surface area (Å²) < 4.78 is 34.0. The Labute approximate surface area is 170 Å². The molecule has 2 aromatic heterocycles. The van der Waals surface area contributed by atoms with E-state index in [4.69, 9.17) is 10.5 Å². The van der Waals surface area contributed by atoms with Crippen LogP contribution in [0.1, 0.15) is 9.67 Å². The van der Waals surface area contributed by atoms with Gasteiger partial charge < -0.3 is 10.5 Å². The highest BCUT2D eigenvalue weighted by molar-refractivity contribution is 7.92. The number of fused-ring (bicyclic) bond motifs is 1. The molecule has 0 saturated heterocycles. The van der Waals surface area contributed by atoms with Crippen LogP contribution in [0, 0.1) is 0 Å². The minimum atomic E-state index is -3.66. The Balaban J connectivity index is 1.55. The number of aromatic nitrogens is 1. The zero-order chi connectivity index (χ0) is 20.4. The fourth-order valence-electron chi connectivity index (χ4n) is 2.67. The number of pyridine rings is 1. The molecule has 0 fully saturated rings. The molecule has 1 amide bonds. The van der Waals surface area contributed by atoms with Crippen molar-refractivity contribution in [3.8, 4) is 11.5 Å². The van der Waals surface area contributed by atoms with Crippen LogP contribution in [0.15, 0.2) is 78.0 Å². The molecule has 0 aliphatic rings. The molecule has 0 radical (unpaired) electrons. The van der Waals surface area contributed by atoms with Crippen LogP contribution in [0.5, 0.6) is 11.5 Å². The largest absolute Gasteiger partial charge is 0.455 e. The molecule has 9 heteroatoms. The van der Waals surface area contributed by atoms with E-state index in [1.54, 1.807) is 60.9 Å². The number of primary amides is 1. The molecule has 0 saturated carbocycles. The summed E-state index contributed by atoms with van der Waals surface area (Å²) in [4.78, 5) is 16.1. The number of nitrogens with two attached hydrogens (primary N) is 1. The Morgan fingerprint density at radius 1 is 1.03 bits per heavy atom. The normalized spacial score (nSPS) is 11.3. The first kappa shape index (κ1) is 18.9. The molecule has 0 aliphatic heterocycles. The van der Waals surface area contributed by atoms with Crippen molar-refractivity contribution in [1.29, 1.82) is 0 Å². The molecule has 0 aliphatic carbocycles. The third-order valence-electron chi connectivity index (χ3n) is 4.04. The van der Waals surface area contributed by atoms with Crippen LogP contribution < -0.4 is 15.2 Å². The minimum absolute atomic E-state index is 0.181. The van der Waals surface area contributed by atoms with E-state index >= 15 is 0 Å². The molecule has 0 unspecified atom stereocenters. The summed E-state index contributed by atoms with van der Waals surface area (Å²) in [6, 6.07) is 16.3. The van der Waals surface area contributed by atoms with E-state index in [9.17, 15) is 13.2 Å². The average molecular weight is 425 g/mol. The van der Waals surface area contributed by atoms with Crippen molar-refractivity contribution in [1.82, 2.24) is 4.98 Å². The second kappa shape index (κ2) is 7.53. The highest BCUT2D eigenvalue weighted by atomic mass is 32.2. The number of thiophene rings is 1. The number of amides is 1. The van der Waals surface area contributed by atoms with Crippen LogP contribution in [0.4, 0.5) is 5.69 Å². The van der Waals surface area contributed by atoms with Gasteiger partial charge in [-0.3, -0.25) is 14.5 Å². The first-order chi connectivity index (χ1) is 13.9. The Morgan fingerprint density at radius 3 is 2.45 bits per heavy atom. The van der Waals surface area contributed by atoms with Gasteiger partial charge >= 0.3 is 0 Å². The van der Waals surface area contributed by atoms with Crippen molar-refractivity contribution in [3.63, 3.8) is 0 Å². The Kier molecular flexibility index (Phi) is 4.91. The lowest BCUT2D eigenvalue weighted by Crippen LogP contribution is -2.12. The predicted octanol–water partition coefficient (Wildman–Crippen LogP) is 3.99. The summed E-state index contributed by atoms with van der Waals surface area (Å²) in [5.41, 5.74) is 5.75. The SMILES string of the molecule is NC(=O)c1cc2c(Oc3ccc(NS(=O)(=O)c4ccccc4)cc3)cncc2s1. The molecule has 29 heavy (non-hydrogen) atoms. The number of nitrogens with zero attached hydrogens (tertiary/aromatic N) is 1. The maximum absolute atomic E-state index is 12.4. The lowest BCUT2D eigenvalue weighted by Gasteiger charge is -2.10. The van der Waals surface area contributed by atoms with Gasteiger partial charge in [0.15, 0.2) is 5.75 Å². The number of nitrogens with one attached hydrogen (secondary N) is 1. The van der Waals surface area contributed by atoms with Crippen molar-refractivity contribution < 1.29 is 17.9 Å². The predicted molar refractivity (Wildman–Crippen MR) is 112 cm³/mol. The van der Waals surface area contributed by atoms with Crippen molar-refractivity contribution in [2.45, 2.75) is 4.90 Å². The molecule has 7 nitrogen and oxygen atoms in total. The average Bonchev–Trinajstić information content (AvgIpc) is 3.16. The van der Waals surface area contributed by atoms with Gasteiger partial charge in [-0.05, 0) is 42.5 Å². The zero-order valence-corrected chi connectivity index (χ0v) is 16.5. The maximum Gasteiger partial charge on any atom is 0.261 e. The van der Waals surface area contributed by atoms with Crippen LogP contribution in [0.25, 0.3) is 10.1 Å². The Morgan fingerprint density at radius 2 is 1.76 bits per heavy atom. The van der Waals surface area contributed by atoms with Crippen molar-refractivity contribution in [3.05, 3.63) is 77.9 Å². The topological polar surface area (TPSA) is 111 Å². The third kappa shape index (κ3) is 4.05. The maximum atomic E-state index is 12.4. The van der Waals surface area contributed by atoms with E-state index in [2.05, 4.69) is 9.71 Å². The van der Waals surface area contributed by atoms with Gasteiger partial charge in [-0.1, -0.05) is 18.2 Å². The number of carbonyl (C=O) groups excluding carboxylic acids is 1. The van der Waals surface area contributed by atoms with Crippen LogP contribution in [0.2, 0.25) is 0 Å². The quantitative estimate of drug-likeness (QED) is 0.485. The number of benzene rings is 2. The number of carbonyl (C=O) groups is 1. The summed E-state index contributed by atoms with van der Waals surface area (Å²) in [6.07, 6.45) is 3.19. The van der Waals surface area contributed by atoms with Gasteiger partial charge in [0.2, 0.25) is 0 Å². The van der Waals surface area contributed by atoms with Gasteiger partial charge in [0, 0.05) is 17.3 Å². The molecule has 4 aromatic rings. The molecule has 0 atom stereocenters. The zero-order valence-electron chi connectivity index (χ0n) is 14.9. The Hall–Kier alpha value is -3.43. The number of anilines is 1. The monoisotopic (exact) mass is 425 g/mol. The van der Waals surface area contributed by atoms with E-state index in [0.29, 0.717) is 22.1 Å². The fraction of sp³-hybridized carbons (Fsp3) is 0. The third-order valence-corrected chi connectivity index (χ3v) is 6.52. The lowest BCUT2D eigenvalue weighted by atomic mass is 10.2. The lowest BCUT2D eigenvalue weighted by molar-refractivity contribution is 0.100. The van der Waals surface area contributed by atoms with Crippen molar-refractivity contribution in [2.75, 3.05) is 4.72 Å². The summed E-state index contributed by atoms with van der Waals surface area (Å²) in [5, 5.41) is 0.729. The summed E-state index contributed by atoms with van der Waals surface area (Å²) >= 11 is 1.24. The fourth-order valence-corrected chi connectivity index (χ4v) is 4.65. The summed E-state index contributed by atoms with van der Waals surface area (Å²) in [5.74, 6) is 0.463. The molecule has 0 spiro atoms. The first-order valence-corrected chi connectivity index (χ1v) is 10.8. The number of sulfonamides is 1. The molecule has 2 aromatic carbocycles. The molecule has 0 bridgehead atoms. The number of hydrogen-bond donors (Lipinski definition) is 2. The van der Waals surface area contributed by atoms with Gasteiger partial charge in [-0.15, -0.1) is 11.3 Å². The highest BCUT2D eigenvalue weighted by Crippen LogP contribution is 2.34. The van der Waals surface area contributed by atoms with E-state index in [0.717, 1.165) is 10.1 Å². The van der Waals surface area contributed by atoms with Crippen LogP contribution in [-0.2, 0) is 10.0 Å². The van der Waals surface area contributed by atoms with Crippen molar-refractivity contribution >= 4 is 43.0 Å². The van der Waals surface area contributed by atoms with E-state index in [1.807, 2.05) is 0 Å². The highest BCUT2D eigenvalue weighted by Gasteiger charge is 2.14. The molecule has 2 heterocycles. The smallest absolute Gasteiger partial charge is 0.261 e. The number of rotatable bonds is 6. The number of ether oxygens (including phenoxy) is 1. The summed E-state index contributed by atoms with van der Waals surface area (Å²) in [7, 11) is -3.66. The minimum Gasteiger partial charge on any atom is -0.455 e. The van der Waals surface area contributed by atoms with Gasteiger partial charge in [0.1, 0.15) is 5.75 Å². The molecule has 3 N–H and O–H groups in total. The van der Waals surface area contributed by atoms with E-state index < -0.39 is 15.9 Å². The standard InChI is InChI=1S/C20H15N3O4S2/c21-20(24)18-10-16-17(11-22-12-19(16)28-18)27-14-8-6-13(7-9-14)23-29(25,26)15-4-2-1-3-5-15/h1-12,23H,(H2,21,24). The first-order valence-electron chi connectivity index (χ1n) is 8.45. The van der Waals surface area contributed by atoms with Gasteiger partial charge in [0.05, 0.1) is 20.7 Å². The summed E-state index contributed by atoms with van der Waals surface area (Å²) in [6.45, 7) is 0. The van der Waals surface area contributed by atoms with Gasteiger partial charge in [-0.2, -0.15) is 0 Å². The van der Waals surface area contributed by atoms with Gasteiger partial charge in [0.25, 0.3) is 15.9 Å². The molecular formula is C20H15N3O4S2. The van der Waals surface area contributed by atoms with Crippen molar-refractivity contribution in [2.24, 2.45) is 5.73 Å². The van der Waals surface area contributed by atoms with Crippen LogP contribution >= 0.6 is 11.3 Å². The molecule has 4 rings (SSSR count). The Bertz CT molecular complexity index is 1280. The molecule has 146 valence electrons. The second-order valence-electron chi connectivity index (χ2n) is 6.07. The van der Waals surface area contributed by atoms with Gasteiger partial charge in [-0.25, -0.2) is 8.42 Å². The van der Waals surface area contributed by atoms with Crippen LogP contribution in [0.3, 0.4) is 0 Å².